The molecule has 0 N–H and O–H groups in total. The molecule has 1 atom stereocenters. The summed E-state index contributed by atoms with van der Waals surface area (Å²) in [5, 5.41) is 0. The number of rotatable bonds is 5. The number of alkyl halides is 3. The van der Waals surface area contributed by atoms with Crippen molar-refractivity contribution in [2.24, 2.45) is 0 Å². The van der Waals surface area contributed by atoms with Crippen molar-refractivity contribution in [1.29, 1.82) is 0 Å². The highest BCUT2D eigenvalue weighted by Gasteiger charge is 2.30. The largest absolute Gasteiger partial charge is 0.479 e. The fraction of sp³-hybridized carbons (Fsp3) is 0.278. The van der Waals surface area contributed by atoms with Gasteiger partial charge >= 0.3 is 12.1 Å². The van der Waals surface area contributed by atoms with E-state index in [0.29, 0.717) is 11.4 Å². The van der Waals surface area contributed by atoms with Gasteiger partial charge in [-0.2, -0.15) is 13.2 Å². The molecule has 0 aliphatic carbocycles. The Morgan fingerprint density at radius 3 is 1.92 bits per heavy atom. The number of anilines is 2. The van der Waals surface area contributed by atoms with Crippen LogP contribution in [-0.2, 0) is 15.7 Å². The van der Waals surface area contributed by atoms with Gasteiger partial charge in [0.1, 0.15) is 5.75 Å². The second-order valence-corrected chi connectivity index (χ2v) is 5.38. The Balaban J connectivity index is 2.10. The normalized spacial score (nSPS) is 12.4. The van der Waals surface area contributed by atoms with Crippen LogP contribution in [-0.4, -0.2) is 26.2 Å². The van der Waals surface area contributed by atoms with Gasteiger partial charge in [0.2, 0.25) is 0 Å². The molecule has 2 aromatic rings. The number of carbonyl (C=O) groups excluding carboxylic acids is 1. The molecule has 25 heavy (non-hydrogen) atoms. The second kappa shape index (κ2) is 7.46. The summed E-state index contributed by atoms with van der Waals surface area (Å²) in [6.07, 6.45) is -5.09. The molecule has 4 nitrogen and oxygen atoms in total. The molecule has 0 bridgehead atoms. The number of hydrogen-bond donors (Lipinski definition) is 0. The van der Waals surface area contributed by atoms with E-state index < -0.39 is 23.8 Å². The van der Waals surface area contributed by atoms with E-state index >= 15 is 0 Å². The van der Waals surface area contributed by atoms with E-state index in [1.807, 2.05) is 0 Å². The Hall–Kier alpha value is -2.70. The second-order valence-electron chi connectivity index (χ2n) is 5.38. The molecule has 1 unspecified atom stereocenters. The molecule has 0 spiro atoms. The Labute approximate surface area is 143 Å². The number of esters is 1. The topological polar surface area (TPSA) is 38.8 Å². The molecule has 0 amide bonds. The van der Waals surface area contributed by atoms with Gasteiger partial charge in [-0.1, -0.05) is 0 Å². The standard InChI is InChI=1S/C18H18F3NO3/c1-12(17(23)24-3)25-16-10-8-15(9-11-16)22(2)14-6-4-13(5-7-14)18(19,20)21/h4-12H,1-3H3. The number of carbonyl (C=O) groups is 1. The Bertz CT molecular complexity index is 712. The molecule has 7 heteroatoms. The van der Waals surface area contributed by atoms with E-state index in [-0.39, 0.29) is 0 Å². The lowest BCUT2D eigenvalue weighted by Gasteiger charge is -2.21. The van der Waals surface area contributed by atoms with E-state index in [9.17, 15) is 18.0 Å². The van der Waals surface area contributed by atoms with Gasteiger partial charge in [-0.3, -0.25) is 0 Å². The fourth-order valence-corrected chi connectivity index (χ4v) is 2.19. The van der Waals surface area contributed by atoms with Crippen LogP contribution in [0.1, 0.15) is 12.5 Å². The first-order valence-corrected chi connectivity index (χ1v) is 7.48. The molecule has 0 fully saturated rings. The number of nitrogens with zero attached hydrogens (tertiary/aromatic N) is 1. The van der Waals surface area contributed by atoms with E-state index in [0.717, 1.165) is 17.8 Å². The quantitative estimate of drug-likeness (QED) is 0.746. The SMILES string of the molecule is COC(=O)C(C)Oc1ccc(N(C)c2ccc(C(F)(F)F)cc2)cc1. The molecule has 0 aliphatic rings. The van der Waals surface area contributed by atoms with Crippen LogP contribution in [0.5, 0.6) is 5.75 Å². The van der Waals surface area contributed by atoms with Gasteiger partial charge < -0.3 is 14.4 Å². The third-order valence-electron chi connectivity index (χ3n) is 3.65. The highest BCUT2D eigenvalue weighted by Crippen LogP contribution is 2.32. The molecule has 0 saturated heterocycles. The molecule has 0 aromatic heterocycles. The minimum Gasteiger partial charge on any atom is -0.479 e. The molecule has 0 radical (unpaired) electrons. The third kappa shape index (κ3) is 4.65. The van der Waals surface area contributed by atoms with E-state index in [2.05, 4.69) is 4.74 Å². The van der Waals surface area contributed by atoms with E-state index in [1.54, 1.807) is 43.1 Å². The van der Waals surface area contributed by atoms with Gasteiger partial charge in [0.05, 0.1) is 12.7 Å². The van der Waals surface area contributed by atoms with Gasteiger partial charge in [0.15, 0.2) is 6.10 Å². The van der Waals surface area contributed by atoms with Crippen LogP contribution >= 0.6 is 0 Å². The highest BCUT2D eigenvalue weighted by atomic mass is 19.4. The van der Waals surface area contributed by atoms with Gasteiger partial charge in [-0.05, 0) is 55.5 Å². The summed E-state index contributed by atoms with van der Waals surface area (Å²) in [5.74, 6) is 0.00779. The number of methoxy groups -OCH3 is 1. The minimum absolute atomic E-state index is 0.481. The summed E-state index contributed by atoms with van der Waals surface area (Å²) in [5.41, 5.74) is 0.688. The average molecular weight is 353 g/mol. The van der Waals surface area contributed by atoms with Crippen molar-refractivity contribution in [3.05, 3.63) is 54.1 Å². The van der Waals surface area contributed by atoms with Crippen molar-refractivity contribution in [3.8, 4) is 5.75 Å². The zero-order valence-electron chi connectivity index (χ0n) is 14.0. The van der Waals surface area contributed by atoms with Gasteiger partial charge in [-0.15, -0.1) is 0 Å². The summed E-state index contributed by atoms with van der Waals surface area (Å²) in [6.45, 7) is 1.58. The molecule has 0 aliphatic heterocycles. The number of benzene rings is 2. The molecule has 2 rings (SSSR count). The smallest absolute Gasteiger partial charge is 0.416 e. The zero-order valence-corrected chi connectivity index (χ0v) is 14.0. The first-order valence-electron chi connectivity index (χ1n) is 7.48. The van der Waals surface area contributed by atoms with Crippen molar-refractivity contribution in [2.75, 3.05) is 19.1 Å². The minimum atomic E-state index is -4.35. The maximum Gasteiger partial charge on any atom is 0.416 e. The van der Waals surface area contributed by atoms with Crippen molar-refractivity contribution in [2.45, 2.75) is 19.2 Å². The number of halogens is 3. The Morgan fingerprint density at radius 1 is 1.00 bits per heavy atom. The van der Waals surface area contributed by atoms with Gasteiger partial charge in [0, 0.05) is 18.4 Å². The molecular formula is C18H18F3NO3. The predicted molar refractivity (Wildman–Crippen MR) is 88.1 cm³/mol. The maximum absolute atomic E-state index is 12.6. The molecule has 2 aromatic carbocycles. The summed E-state index contributed by atoms with van der Waals surface area (Å²) in [6, 6.07) is 11.8. The van der Waals surface area contributed by atoms with Crippen molar-refractivity contribution >= 4 is 17.3 Å². The zero-order chi connectivity index (χ0) is 18.6. The maximum atomic E-state index is 12.6. The van der Waals surface area contributed by atoms with Crippen LogP contribution < -0.4 is 9.64 Å². The lowest BCUT2D eigenvalue weighted by molar-refractivity contribution is -0.147. The third-order valence-corrected chi connectivity index (χ3v) is 3.65. The average Bonchev–Trinajstić information content (AvgIpc) is 2.60. The Morgan fingerprint density at radius 2 is 1.48 bits per heavy atom. The van der Waals surface area contributed by atoms with E-state index in [1.165, 1.54) is 19.2 Å². The number of hydrogen-bond acceptors (Lipinski definition) is 4. The van der Waals surface area contributed by atoms with Crippen LogP contribution in [0.4, 0.5) is 24.5 Å². The summed E-state index contributed by atoms with van der Waals surface area (Å²) in [7, 11) is 3.03. The summed E-state index contributed by atoms with van der Waals surface area (Å²) in [4.78, 5) is 13.1. The first kappa shape index (κ1) is 18.6. The number of ether oxygens (including phenoxy) is 2. The van der Waals surface area contributed by atoms with Gasteiger partial charge in [-0.25, -0.2) is 4.79 Å². The van der Waals surface area contributed by atoms with Crippen LogP contribution in [0.2, 0.25) is 0 Å². The molecule has 0 saturated carbocycles. The monoisotopic (exact) mass is 353 g/mol. The highest BCUT2D eigenvalue weighted by molar-refractivity contribution is 5.74. The van der Waals surface area contributed by atoms with Crippen LogP contribution in [0.25, 0.3) is 0 Å². The van der Waals surface area contributed by atoms with Crippen LogP contribution in [0, 0.1) is 0 Å². The summed E-state index contributed by atoms with van der Waals surface area (Å²) < 4.78 is 47.9. The van der Waals surface area contributed by atoms with Crippen LogP contribution in [0.3, 0.4) is 0 Å². The van der Waals surface area contributed by atoms with Crippen molar-refractivity contribution < 1.29 is 27.4 Å². The van der Waals surface area contributed by atoms with Crippen molar-refractivity contribution in [1.82, 2.24) is 0 Å². The fourth-order valence-electron chi connectivity index (χ4n) is 2.19. The first-order chi connectivity index (χ1) is 11.7. The lowest BCUT2D eigenvalue weighted by atomic mass is 10.2. The van der Waals surface area contributed by atoms with Gasteiger partial charge in [0.25, 0.3) is 0 Å². The van der Waals surface area contributed by atoms with Crippen molar-refractivity contribution in [3.63, 3.8) is 0 Å². The van der Waals surface area contributed by atoms with Crippen LogP contribution in [0.15, 0.2) is 48.5 Å². The summed E-state index contributed by atoms with van der Waals surface area (Å²) >= 11 is 0. The molecular weight excluding hydrogens is 335 g/mol. The molecule has 134 valence electrons. The predicted octanol–water partition coefficient (Wildman–Crippen LogP) is 4.41. The Kier molecular flexibility index (Phi) is 5.56. The lowest BCUT2D eigenvalue weighted by Crippen LogP contribution is -2.24. The van der Waals surface area contributed by atoms with E-state index in [4.69, 9.17) is 4.74 Å². The molecule has 0 heterocycles.